The van der Waals surface area contributed by atoms with Gasteiger partial charge in [-0.2, -0.15) is 5.10 Å². The van der Waals surface area contributed by atoms with E-state index in [1.54, 1.807) is 59.8 Å². The van der Waals surface area contributed by atoms with Gasteiger partial charge in [0.1, 0.15) is 6.04 Å². The third-order valence-electron chi connectivity index (χ3n) is 6.23. The van der Waals surface area contributed by atoms with Crippen molar-refractivity contribution in [3.63, 3.8) is 0 Å². The van der Waals surface area contributed by atoms with E-state index in [4.69, 9.17) is 9.47 Å². The zero-order chi connectivity index (χ0) is 21.1. The number of nitrogens with zero attached hydrogens (tertiary/aromatic N) is 3. The molecule has 0 saturated carbocycles. The van der Waals surface area contributed by atoms with Crippen molar-refractivity contribution < 1.29 is 23.9 Å². The molecule has 4 aliphatic rings. The molecular formula is C23H17N3O5. The average molecular weight is 415 g/mol. The maximum atomic E-state index is 13.6. The summed E-state index contributed by atoms with van der Waals surface area (Å²) in [5.41, 5.74) is 0.896. The molecule has 2 aromatic rings. The van der Waals surface area contributed by atoms with Crippen molar-refractivity contribution in [3.05, 3.63) is 66.2 Å². The van der Waals surface area contributed by atoms with E-state index in [0.717, 1.165) is 0 Å². The summed E-state index contributed by atoms with van der Waals surface area (Å²) in [6.45, 7) is 0.0966. The average Bonchev–Trinajstić information content (AvgIpc) is 3.47. The van der Waals surface area contributed by atoms with Gasteiger partial charge in [-0.15, -0.1) is 0 Å². The fourth-order valence-electron chi connectivity index (χ4n) is 4.89. The Morgan fingerprint density at radius 3 is 2.58 bits per heavy atom. The molecule has 6 rings (SSSR count). The number of allylic oxidation sites excluding steroid dienone is 1. The van der Waals surface area contributed by atoms with Gasteiger partial charge in [0.15, 0.2) is 17.3 Å². The maximum Gasteiger partial charge on any atom is 0.240 e. The molecule has 0 bridgehead atoms. The number of hydrogen-bond acceptors (Lipinski definition) is 7. The fourth-order valence-corrected chi connectivity index (χ4v) is 4.89. The largest absolute Gasteiger partial charge is 0.454 e. The second-order valence-corrected chi connectivity index (χ2v) is 7.80. The van der Waals surface area contributed by atoms with Crippen LogP contribution < -0.4 is 14.4 Å². The summed E-state index contributed by atoms with van der Waals surface area (Å²) in [4.78, 5) is 41.6. The zero-order valence-corrected chi connectivity index (χ0v) is 16.3. The second-order valence-electron chi connectivity index (χ2n) is 7.80. The third-order valence-corrected chi connectivity index (χ3v) is 6.23. The Morgan fingerprint density at radius 2 is 1.74 bits per heavy atom. The molecule has 0 spiro atoms. The molecule has 0 N–H and O–H groups in total. The van der Waals surface area contributed by atoms with E-state index >= 15 is 0 Å². The van der Waals surface area contributed by atoms with Gasteiger partial charge in [-0.3, -0.25) is 19.4 Å². The SMILES string of the molecule is O=C(c1ccccc1)[C@@H]1[C@@H]2C(=O)N(c3ccc4c(c3)OCO4)C(=O)[C@@H]2[C@@H]2C=CC=NN12. The molecule has 0 aromatic heterocycles. The number of ketones is 1. The Morgan fingerprint density at radius 1 is 0.968 bits per heavy atom. The fraction of sp³-hybridized carbons (Fsp3) is 0.217. The van der Waals surface area contributed by atoms with Crippen LogP contribution in [0.2, 0.25) is 0 Å². The van der Waals surface area contributed by atoms with Crippen molar-refractivity contribution in [1.82, 2.24) is 5.01 Å². The van der Waals surface area contributed by atoms with Crippen LogP contribution in [0, 0.1) is 11.8 Å². The minimum atomic E-state index is -0.853. The first-order chi connectivity index (χ1) is 15.1. The lowest BCUT2D eigenvalue weighted by Gasteiger charge is -2.30. The van der Waals surface area contributed by atoms with Gasteiger partial charge in [-0.1, -0.05) is 36.4 Å². The molecule has 2 amide bonds. The van der Waals surface area contributed by atoms with Crippen LogP contribution in [0.25, 0.3) is 0 Å². The van der Waals surface area contributed by atoms with E-state index in [2.05, 4.69) is 5.10 Å². The van der Waals surface area contributed by atoms with E-state index in [0.29, 0.717) is 22.7 Å². The van der Waals surface area contributed by atoms with Crippen molar-refractivity contribution in [2.24, 2.45) is 16.9 Å². The number of hydrogen-bond donors (Lipinski definition) is 0. The van der Waals surface area contributed by atoms with Crippen molar-refractivity contribution >= 4 is 29.5 Å². The first-order valence-corrected chi connectivity index (χ1v) is 10.0. The number of amides is 2. The first-order valence-electron chi connectivity index (χ1n) is 10.0. The Balaban J connectivity index is 1.42. The topological polar surface area (TPSA) is 88.5 Å². The van der Waals surface area contributed by atoms with Crippen LogP contribution in [-0.4, -0.2) is 47.7 Å². The lowest BCUT2D eigenvalue weighted by molar-refractivity contribution is -0.123. The summed E-state index contributed by atoms with van der Waals surface area (Å²) in [7, 11) is 0. The van der Waals surface area contributed by atoms with E-state index in [9.17, 15) is 14.4 Å². The number of anilines is 1. The van der Waals surface area contributed by atoms with Crippen LogP contribution in [0.15, 0.2) is 65.8 Å². The number of carbonyl (C=O) groups is 3. The second kappa shape index (κ2) is 6.53. The lowest BCUT2D eigenvalue weighted by Crippen LogP contribution is -2.46. The Labute approximate surface area is 177 Å². The number of imide groups is 1. The minimum Gasteiger partial charge on any atom is -0.454 e. The van der Waals surface area contributed by atoms with Gasteiger partial charge < -0.3 is 9.47 Å². The zero-order valence-electron chi connectivity index (χ0n) is 16.3. The molecule has 0 aliphatic carbocycles. The minimum absolute atomic E-state index is 0.0966. The van der Waals surface area contributed by atoms with Crippen LogP contribution in [-0.2, 0) is 9.59 Å². The molecule has 2 saturated heterocycles. The Bertz CT molecular complexity index is 1170. The molecule has 0 radical (unpaired) electrons. The van der Waals surface area contributed by atoms with Crippen LogP contribution >= 0.6 is 0 Å². The highest BCUT2D eigenvalue weighted by Gasteiger charge is 2.64. The van der Waals surface area contributed by atoms with Crippen molar-refractivity contribution in [2.45, 2.75) is 12.1 Å². The van der Waals surface area contributed by atoms with Gasteiger partial charge in [0.05, 0.1) is 23.6 Å². The molecule has 8 heteroatoms. The molecule has 4 aliphatic heterocycles. The van der Waals surface area contributed by atoms with Gasteiger partial charge in [-0.05, 0) is 18.2 Å². The van der Waals surface area contributed by atoms with Crippen molar-refractivity contribution in [3.8, 4) is 11.5 Å². The first kappa shape index (κ1) is 17.9. The number of carbonyl (C=O) groups excluding carboxylic acids is 3. The number of hydrazone groups is 1. The van der Waals surface area contributed by atoms with Crippen LogP contribution in [0.4, 0.5) is 5.69 Å². The Kier molecular flexibility index (Phi) is 3.77. The molecule has 31 heavy (non-hydrogen) atoms. The quantitative estimate of drug-likeness (QED) is 0.563. The highest BCUT2D eigenvalue weighted by Crippen LogP contribution is 2.47. The van der Waals surface area contributed by atoms with Gasteiger partial charge in [-0.25, -0.2) is 4.90 Å². The number of ether oxygens (including phenoxy) is 2. The van der Waals surface area contributed by atoms with Crippen LogP contribution in [0.5, 0.6) is 11.5 Å². The summed E-state index contributed by atoms with van der Waals surface area (Å²) in [5, 5.41) is 5.97. The normalized spacial score (nSPS) is 27.6. The molecule has 2 aromatic carbocycles. The number of fused-ring (bicyclic) bond motifs is 4. The molecule has 4 atom stereocenters. The highest BCUT2D eigenvalue weighted by atomic mass is 16.7. The van der Waals surface area contributed by atoms with Crippen molar-refractivity contribution in [2.75, 3.05) is 11.7 Å². The third kappa shape index (κ3) is 2.48. The number of rotatable bonds is 3. The monoisotopic (exact) mass is 415 g/mol. The highest BCUT2D eigenvalue weighted by molar-refractivity contribution is 6.24. The van der Waals surface area contributed by atoms with Gasteiger partial charge in [0.25, 0.3) is 0 Å². The Hall–Kier alpha value is -3.94. The number of benzene rings is 2. The van der Waals surface area contributed by atoms with Gasteiger partial charge in [0.2, 0.25) is 18.6 Å². The predicted molar refractivity (Wildman–Crippen MR) is 110 cm³/mol. The van der Waals surface area contributed by atoms with Crippen molar-refractivity contribution in [1.29, 1.82) is 0 Å². The summed E-state index contributed by atoms with van der Waals surface area (Å²) < 4.78 is 10.7. The number of Topliss-reactive ketones (excluding diaryl/α,β-unsaturated/α-hetero) is 1. The van der Waals surface area contributed by atoms with Gasteiger partial charge >= 0.3 is 0 Å². The van der Waals surface area contributed by atoms with Gasteiger partial charge in [0, 0.05) is 17.8 Å². The van der Waals surface area contributed by atoms with E-state index in [1.165, 1.54) is 4.90 Å². The standard InChI is InChI=1S/C23H17N3O5/c27-21(13-5-2-1-3-6-13)20-19-18(15-7-4-10-24-26(15)20)22(28)25(23(19)29)14-8-9-16-17(11-14)31-12-30-16/h1-11,15,18-20H,12H2/t15-,18+,19+,20-/m0/s1. The summed E-state index contributed by atoms with van der Waals surface area (Å²) in [6, 6.07) is 12.5. The molecule has 154 valence electrons. The molecule has 0 unspecified atom stereocenters. The lowest BCUT2D eigenvalue weighted by atomic mass is 9.86. The van der Waals surface area contributed by atoms with Crippen LogP contribution in [0.1, 0.15) is 10.4 Å². The van der Waals surface area contributed by atoms with E-state index < -0.39 is 29.8 Å². The summed E-state index contributed by atoms with van der Waals surface area (Å²) >= 11 is 0. The molecular weight excluding hydrogens is 398 g/mol. The summed E-state index contributed by atoms with van der Waals surface area (Å²) in [6.07, 6.45) is 5.15. The smallest absolute Gasteiger partial charge is 0.240 e. The maximum absolute atomic E-state index is 13.6. The van der Waals surface area contributed by atoms with E-state index in [-0.39, 0.29) is 18.5 Å². The van der Waals surface area contributed by atoms with Crippen LogP contribution in [0.3, 0.4) is 0 Å². The molecule has 8 nitrogen and oxygen atoms in total. The molecule has 2 fully saturated rings. The summed E-state index contributed by atoms with van der Waals surface area (Å²) in [5.74, 6) is -1.43. The molecule has 4 heterocycles. The van der Waals surface area contributed by atoms with E-state index in [1.807, 2.05) is 12.1 Å². The predicted octanol–water partition coefficient (Wildman–Crippen LogP) is 2.01.